The van der Waals surface area contributed by atoms with E-state index in [1.807, 2.05) is 67.6 Å². The lowest BCUT2D eigenvalue weighted by Gasteiger charge is -2.20. The molecule has 0 aliphatic rings. The summed E-state index contributed by atoms with van der Waals surface area (Å²) in [5.74, 6) is 0.433. The molecule has 0 atom stereocenters. The number of nitrogens with zero attached hydrogens (tertiary/aromatic N) is 3. The molecule has 0 saturated carbocycles. The molecule has 2 aromatic carbocycles. The number of amides is 1. The van der Waals surface area contributed by atoms with Gasteiger partial charge in [0.05, 0.1) is 0 Å². The molecule has 0 aliphatic carbocycles. The topological polar surface area (TPSA) is 58.1 Å². The Hall–Kier alpha value is -3.21. The van der Waals surface area contributed by atoms with Gasteiger partial charge in [0.2, 0.25) is 0 Å². The lowest BCUT2D eigenvalue weighted by molar-refractivity contribution is 0.0982. The second-order valence-electron chi connectivity index (χ2n) is 5.18. The molecule has 120 valence electrons. The molecule has 5 nitrogen and oxygen atoms in total. The van der Waals surface area contributed by atoms with Crippen molar-refractivity contribution in [1.82, 2.24) is 10.2 Å². The second-order valence-corrected chi connectivity index (χ2v) is 5.18. The molecule has 1 N–H and O–H groups in total. The molecule has 1 aromatic heterocycles. The molecule has 1 amide bonds. The third-order valence-electron chi connectivity index (χ3n) is 3.56. The first-order chi connectivity index (χ1) is 11.8. The molecule has 0 fully saturated rings. The number of rotatable bonds is 5. The average Bonchev–Trinajstić information content (AvgIpc) is 2.65. The lowest BCUT2D eigenvalue weighted by atomic mass is 10.2. The summed E-state index contributed by atoms with van der Waals surface area (Å²) in [4.78, 5) is 14.3. The van der Waals surface area contributed by atoms with Crippen LogP contribution in [-0.4, -0.2) is 22.6 Å². The van der Waals surface area contributed by atoms with Gasteiger partial charge >= 0.3 is 0 Å². The van der Waals surface area contributed by atoms with Crippen LogP contribution in [0.3, 0.4) is 0 Å². The number of hydrogen-bond donors (Lipinski definition) is 1. The monoisotopic (exact) mass is 318 g/mol. The molecule has 0 spiro atoms. The van der Waals surface area contributed by atoms with Gasteiger partial charge in [-0.1, -0.05) is 36.4 Å². The number of carbonyl (C=O) groups excluding carboxylic acids is 1. The third kappa shape index (κ3) is 3.57. The van der Waals surface area contributed by atoms with Gasteiger partial charge in [-0.3, -0.25) is 4.79 Å². The van der Waals surface area contributed by atoms with Crippen molar-refractivity contribution in [3.05, 3.63) is 78.5 Å². The zero-order chi connectivity index (χ0) is 16.8. The van der Waals surface area contributed by atoms with E-state index in [-0.39, 0.29) is 5.91 Å². The van der Waals surface area contributed by atoms with Crippen LogP contribution in [0.25, 0.3) is 0 Å². The summed E-state index contributed by atoms with van der Waals surface area (Å²) in [6.07, 6.45) is 0. The zero-order valence-electron chi connectivity index (χ0n) is 13.4. The molecule has 3 aromatic rings. The number of hydrogen-bond acceptors (Lipinski definition) is 4. The van der Waals surface area contributed by atoms with Crippen LogP contribution < -0.4 is 10.2 Å². The van der Waals surface area contributed by atoms with Crippen LogP contribution >= 0.6 is 0 Å². The van der Waals surface area contributed by atoms with Crippen molar-refractivity contribution in [2.24, 2.45) is 0 Å². The zero-order valence-corrected chi connectivity index (χ0v) is 13.4. The summed E-state index contributed by atoms with van der Waals surface area (Å²) < 4.78 is 0. The Bertz CT molecular complexity index is 789. The smallest absolute Gasteiger partial charge is 0.278 e. The van der Waals surface area contributed by atoms with Gasteiger partial charge in [0.15, 0.2) is 11.5 Å². The number of benzene rings is 2. The Kier molecular flexibility index (Phi) is 4.81. The highest BCUT2D eigenvalue weighted by Crippen LogP contribution is 2.17. The van der Waals surface area contributed by atoms with Gasteiger partial charge in [-0.05, 0) is 43.3 Å². The fraction of sp³-hybridized carbons (Fsp3) is 0.105. The van der Waals surface area contributed by atoms with E-state index in [1.54, 1.807) is 17.0 Å². The van der Waals surface area contributed by atoms with Crippen molar-refractivity contribution in [3.8, 4) is 0 Å². The van der Waals surface area contributed by atoms with E-state index in [0.29, 0.717) is 18.1 Å². The molecule has 5 heteroatoms. The normalized spacial score (nSPS) is 10.2. The van der Waals surface area contributed by atoms with Crippen LogP contribution in [-0.2, 0) is 0 Å². The van der Waals surface area contributed by atoms with E-state index >= 15 is 0 Å². The van der Waals surface area contributed by atoms with Gasteiger partial charge in [0, 0.05) is 17.9 Å². The molecule has 0 radical (unpaired) electrons. The Morgan fingerprint density at radius 1 is 0.917 bits per heavy atom. The Morgan fingerprint density at radius 2 is 1.58 bits per heavy atom. The highest BCUT2D eigenvalue weighted by Gasteiger charge is 2.17. The average molecular weight is 318 g/mol. The summed E-state index contributed by atoms with van der Waals surface area (Å²) >= 11 is 0. The third-order valence-corrected chi connectivity index (χ3v) is 3.56. The summed E-state index contributed by atoms with van der Waals surface area (Å²) in [5.41, 5.74) is 2.09. The van der Waals surface area contributed by atoms with Gasteiger partial charge in [-0.25, -0.2) is 0 Å². The largest absolute Gasteiger partial charge is 0.339 e. The maximum Gasteiger partial charge on any atom is 0.278 e. The van der Waals surface area contributed by atoms with Crippen LogP contribution in [0, 0.1) is 0 Å². The summed E-state index contributed by atoms with van der Waals surface area (Å²) in [6, 6.07) is 22.7. The van der Waals surface area contributed by atoms with Crippen LogP contribution in [0.1, 0.15) is 17.4 Å². The number of para-hydroxylation sites is 2. The molecule has 0 unspecified atom stereocenters. The molecule has 0 bridgehead atoms. The number of anilines is 3. The van der Waals surface area contributed by atoms with E-state index in [4.69, 9.17) is 0 Å². The maximum absolute atomic E-state index is 12.6. The van der Waals surface area contributed by atoms with Crippen molar-refractivity contribution in [2.45, 2.75) is 6.92 Å². The van der Waals surface area contributed by atoms with Gasteiger partial charge in [0.1, 0.15) is 0 Å². The molecule has 3 rings (SSSR count). The van der Waals surface area contributed by atoms with Gasteiger partial charge < -0.3 is 10.2 Å². The van der Waals surface area contributed by atoms with E-state index in [0.717, 1.165) is 11.4 Å². The first-order valence-electron chi connectivity index (χ1n) is 7.80. The summed E-state index contributed by atoms with van der Waals surface area (Å²) in [5, 5.41) is 11.3. The van der Waals surface area contributed by atoms with E-state index < -0.39 is 0 Å². The minimum atomic E-state index is -0.164. The van der Waals surface area contributed by atoms with Gasteiger partial charge in [0.25, 0.3) is 5.91 Å². The Morgan fingerprint density at radius 3 is 2.17 bits per heavy atom. The fourth-order valence-electron chi connectivity index (χ4n) is 2.37. The van der Waals surface area contributed by atoms with Crippen molar-refractivity contribution in [1.29, 1.82) is 0 Å². The predicted molar refractivity (Wildman–Crippen MR) is 95.5 cm³/mol. The van der Waals surface area contributed by atoms with E-state index in [1.165, 1.54) is 0 Å². The standard InChI is InChI=1S/C19H18N4O/c1-2-23(16-11-7-4-8-12-16)19(24)17-13-14-18(22-21-17)20-15-9-5-3-6-10-15/h3-14H,2H2,1H3,(H,20,22). The molecule has 0 aliphatic heterocycles. The quantitative estimate of drug-likeness (QED) is 0.775. The van der Waals surface area contributed by atoms with Crippen LogP contribution in [0.4, 0.5) is 17.2 Å². The number of aromatic nitrogens is 2. The SMILES string of the molecule is CCN(C(=O)c1ccc(Nc2ccccc2)nn1)c1ccccc1. The van der Waals surface area contributed by atoms with Gasteiger partial charge in [-0.15, -0.1) is 10.2 Å². The molecule has 1 heterocycles. The summed E-state index contributed by atoms with van der Waals surface area (Å²) in [6.45, 7) is 2.50. The molecule has 24 heavy (non-hydrogen) atoms. The van der Waals surface area contributed by atoms with Crippen LogP contribution in [0.2, 0.25) is 0 Å². The van der Waals surface area contributed by atoms with Crippen molar-refractivity contribution >= 4 is 23.1 Å². The Balaban J connectivity index is 1.76. The van der Waals surface area contributed by atoms with E-state index in [2.05, 4.69) is 15.5 Å². The Labute approximate surface area is 141 Å². The molecular weight excluding hydrogens is 300 g/mol. The van der Waals surface area contributed by atoms with E-state index in [9.17, 15) is 4.79 Å². The second kappa shape index (κ2) is 7.37. The lowest BCUT2D eigenvalue weighted by Crippen LogP contribution is -2.31. The van der Waals surface area contributed by atoms with Crippen molar-refractivity contribution in [3.63, 3.8) is 0 Å². The summed E-state index contributed by atoms with van der Waals surface area (Å²) in [7, 11) is 0. The first-order valence-corrected chi connectivity index (χ1v) is 7.80. The van der Waals surface area contributed by atoms with Crippen LogP contribution in [0.5, 0.6) is 0 Å². The minimum absolute atomic E-state index is 0.164. The van der Waals surface area contributed by atoms with Gasteiger partial charge in [-0.2, -0.15) is 0 Å². The molecule has 0 saturated heterocycles. The maximum atomic E-state index is 12.6. The highest BCUT2D eigenvalue weighted by molar-refractivity contribution is 6.04. The number of nitrogens with one attached hydrogen (secondary N) is 1. The minimum Gasteiger partial charge on any atom is -0.339 e. The molecular formula is C19H18N4O. The van der Waals surface area contributed by atoms with Crippen LogP contribution in [0.15, 0.2) is 72.8 Å². The fourth-order valence-corrected chi connectivity index (χ4v) is 2.37. The number of carbonyl (C=O) groups is 1. The first kappa shape index (κ1) is 15.7. The highest BCUT2D eigenvalue weighted by atomic mass is 16.2. The van der Waals surface area contributed by atoms with Crippen molar-refractivity contribution in [2.75, 3.05) is 16.8 Å². The predicted octanol–water partition coefficient (Wildman–Crippen LogP) is 3.89. The van der Waals surface area contributed by atoms with Crippen molar-refractivity contribution < 1.29 is 4.79 Å².